The number of aryl methyl sites for hydroxylation is 1. The molecule has 20 heavy (non-hydrogen) atoms. The summed E-state index contributed by atoms with van der Waals surface area (Å²) >= 11 is 3.39. The number of halogens is 1. The maximum absolute atomic E-state index is 10.9. The van der Waals surface area contributed by atoms with Gasteiger partial charge >= 0.3 is 0 Å². The molecular formula is C14H20BrN3O2. The number of anilines is 1. The Morgan fingerprint density at radius 3 is 2.75 bits per heavy atom. The Morgan fingerprint density at radius 2 is 2.10 bits per heavy atom. The Kier molecular flexibility index (Phi) is 5.37. The van der Waals surface area contributed by atoms with E-state index < -0.39 is 0 Å². The van der Waals surface area contributed by atoms with Crippen molar-refractivity contribution >= 4 is 27.3 Å². The summed E-state index contributed by atoms with van der Waals surface area (Å²) in [6.07, 6.45) is 3.73. The second kappa shape index (κ2) is 7.04. The average Bonchev–Trinajstić information content (AvgIpc) is 2.90. The van der Waals surface area contributed by atoms with Gasteiger partial charge in [-0.15, -0.1) is 0 Å². The van der Waals surface area contributed by atoms with Gasteiger partial charge in [0.2, 0.25) is 0 Å². The molecule has 1 saturated heterocycles. The molecule has 1 fully saturated rings. The molecule has 0 radical (unpaired) electrons. The minimum absolute atomic E-state index is 0.152. The molecule has 5 nitrogen and oxygen atoms in total. The zero-order valence-electron chi connectivity index (χ0n) is 11.7. The third-order valence-electron chi connectivity index (χ3n) is 3.65. The van der Waals surface area contributed by atoms with Crippen LogP contribution in [0.4, 0.5) is 11.4 Å². The van der Waals surface area contributed by atoms with E-state index in [4.69, 9.17) is 0 Å². The predicted molar refractivity (Wildman–Crippen MR) is 84.3 cm³/mol. The normalized spacial score (nSPS) is 15.5. The van der Waals surface area contributed by atoms with Gasteiger partial charge in [-0.05, 0) is 67.8 Å². The van der Waals surface area contributed by atoms with Gasteiger partial charge in [0.05, 0.1) is 4.92 Å². The second-order valence-electron chi connectivity index (χ2n) is 5.20. The van der Waals surface area contributed by atoms with Crippen LogP contribution in [0.25, 0.3) is 0 Å². The van der Waals surface area contributed by atoms with Crippen molar-refractivity contribution < 1.29 is 4.92 Å². The van der Waals surface area contributed by atoms with E-state index >= 15 is 0 Å². The molecule has 2 rings (SSSR count). The SMILES string of the molecule is Cc1cc(NCCCN2CCCC2)c(Br)cc1[N+](=O)[O-]. The Morgan fingerprint density at radius 1 is 1.40 bits per heavy atom. The highest BCUT2D eigenvalue weighted by Crippen LogP contribution is 2.30. The molecule has 0 amide bonds. The molecule has 0 bridgehead atoms. The van der Waals surface area contributed by atoms with Crippen molar-refractivity contribution in [1.29, 1.82) is 0 Å². The van der Waals surface area contributed by atoms with Gasteiger partial charge in [0, 0.05) is 28.3 Å². The topological polar surface area (TPSA) is 58.4 Å². The number of nitrogens with one attached hydrogen (secondary N) is 1. The van der Waals surface area contributed by atoms with Crippen molar-refractivity contribution in [2.75, 3.05) is 31.5 Å². The van der Waals surface area contributed by atoms with E-state index in [1.165, 1.54) is 25.9 Å². The Bertz CT molecular complexity index is 488. The first-order valence-corrected chi connectivity index (χ1v) is 7.78. The van der Waals surface area contributed by atoms with Crippen molar-refractivity contribution in [1.82, 2.24) is 4.90 Å². The summed E-state index contributed by atoms with van der Waals surface area (Å²) in [6, 6.07) is 3.40. The zero-order valence-corrected chi connectivity index (χ0v) is 13.3. The summed E-state index contributed by atoms with van der Waals surface area (Å²) in [5, 5.41) is 14.2. The van der Waals surface area contributed by atoms with Crippen LogP contribution in [0.1, 0.15) is 24.8 Å². The summed E-state index contributed by atoms with van der Waals surface area (Å²) in [5.74, 6) is 0. The van der Waals surface area contributed by atoms with Gasteiger partial charge in [0.15, 0.2) is 0 Å². The van der Waals surface area contributed by atoms with Gasteiger partial charge in [-0.2, -0.15) is 0 Å². The molecule has 0 atom stereocenters. The standard InChI is InChI=1S/C14H20BrN3O2/c1-11-9-13(12(15)10-14(11)18(19)20)16-5-4-8-17-6-2-3-7-17/h9-10,16H,2-8H2,1H3. The first-order valence-electron chi connectivity index (χ1n) is 6.98. The van der Waals surface area contributed by atoms with E-state index in [0.29, 0.717) is 5.56 Å². The fourth-order valence-corrected chi connectivity index (χ4v) is 3.01. The Balaban J connectivity index is 1.86. The van der Waals surface area contributed by atoms with E-state index in [0.717, 1.165) is 29.7 Å². The van der Waals surface area contributed by atoms with Crippen molar-refractivity contribution in [3.05, 3.63) is 32.3 Å². The minimum Gasteiger partial charge on any atom is -0.384 e. The summed E-state index contributed by atoms with van der Waals surface area (Å²) in [6.45, 7) is 6.21. The number of hydrogen-bond acceptors (Lipinski definition) is 4. The molecule has 1 aliphatic rings. The molecule has 0 spiro atoms. The lowest BCUT2D eigenvalue weighted by Gasteiger charge is -2.15. The van der Waals surface area contributed by atoms with Gasteiger partial charge in [0.25, 0.3) is 5.69 Å². The highest BCUT2D eigenvalue weighted by molar-refractivity contribution is 9.10. The maximum atomic E-state index is 10.9. The smallest absolute Gasteiger partial charge is 0.273 e. The van der Waals surface area contributed by atoms with Gasteiger partial charge in [-0.25, -0.2) is 0 Å². The molecule has 0 saturated carbocycles. The first kappa shape index (κ1) is 15.3. The maximum Gasteiger partial charge on any atom is 0.273 e. The molecule has 0 aliphatic carbocycles. The summed E-state index contributed by atoms with van der Waals surface area (Å²) in [5.41, 5.74) is 1.76. The van der Waals surface area contributed by atoms with Crippen LogP contribution in [-0.2, 0) is 0 Å². The predicted octanol–water partition coefficient (Wildman–Crippen LogP) is 3.56. The lowest BCUT2D eigenvalue weighted by atomic mass is 10.2. The van der Waals surface area contributed by atoms with Crippen molar-refractivity contribution in [2.45, 2.75) is 26.2 Å². The van der Waals surface area contributed by atoms with Crippen LogP contribution in [0.3, 0.4) is 0 Å². The number of nitro benzene ring substituents is 1. The van der Waals surface area contributed by atoms with Gasteiger partial charge in [-0.3, -0.25) is 10.1 Å². The molecular weight excluding hydrogens is 322 g/mol. The number of rotatable bonds is 6. The van der Waals surface area contributed by atoms with E-state index in [9.17, 15) is 10.1 Å². The average molecular weight is 342 g/mol. The third-order valence-corrected chi connectivity index (χ3v) is 4.30. The van der Waals surface area contributed by atoms with E-state index in [-0.39, 0.29) is 10.6 Å². The lowest BCUT2D eigenvalue weighted by molar-refractivity contribution is -0.385. The fourth-order valence-electron chi connectivity index (χ4n) is 2.54. The molecule has 1 aliphatic heterocycles. The molecule has 0 unspecified atom stereocenters. The highest BCUT2D eigenvalue weighted by atomic mass is 79.9. The number of nitrogens with zero attached hydrogens (tertiary/aromatic N) is 2. The van der Waals surface area contributed by atoms with Crippen LogP contribution in [-0.4, -0.2) is 36.0 Å². The second-order valence-corrected chi connectivity index (χ2v) is 6.06. The van der Waals surface area contributed by atoms with Gasteiger partial charge in [0.1, 0.15) is 0 Å². The third kappa shape index (κ3) is 3.93. The molecule has 1 N–H and O–H groups in total. The van der Waals surface area contributed by atoms with Crippen LogP contribution in [0, 0.1) is 17.0 Å². The fraction of sp³-hybridized carbons (Fsp3) is 0.571. The quantitative estimate of drug-likeness (QED) is 0.488. The van der Waals surface area contributed by atoms with E-state index in [1.54, 1.807) is 13.0 Å². The summed E-state index contributed by atoms with van der Waals surface area (Å²) in [4.78, 5) is 13.0. The Labute approximate surface area is 127 Å². The van der Waals surface area contributed by atoms with Gasteiger partial charge in [-0.1, -0.05) is 0 Å². The van der Waals surface area contributed by atoms with E-state index in [1.807, 2.05) is 6.07 Å². The van der Waals surface area contributed by atoms with Crippen LogP contribution in [0.15, 0.2) is 16.6 Å². The molecule has 110 valence electrons. The highest BCUT2D eigenvalue weighted by Gasteiger charge is 2.14. The van der Waals surface area contributed by atoms with Gasteiger partial charge < -0.3 is 10.2 Å². The van der Waals surface area contributed by atoms with Crippen LogP contribution in [0.5, 0.6) is 0 Å². The molecule has 6 heteroatoms. The first-order chi connectivity index (χ1) is 9.58. The van der Waals surface area contributed by atoms with Crippen molar-refractivity contribution in [3.63, 3.8) is 0 Å². The summed E-state index contributed by atoms with van der Waals surface area (Å²) in [7, 11) is 0. The molecule has 1 aromatic rings. The molecule has 1 aromatic carbocycles. The largest absolute Gasteiger partial charge is 0.384 e. The summed E-state index contributed by atoms with van der Waals surface area (Å²) < 4.78 is 0.746. The van der Waals surface area contributed by atoms with Crippen LogP contribution in [0.2, 0.25) is 0 Å². The minimum atomic E-state index is -0.350. The number of nitro groups is 1. The monoisotopic (exact) mass is 341 g/mol. The zero-order chi connectivity index (χ0) is 14.5. The van der Waals surface area contributed by atoms with Crippen LogP contribution < -0.4 is 5.32 Å². The van der Waals surface area contributed by atoms with E-state index in [2.05, 4.69) is 26.1 Å². The van der Waals surface area contributed by atoms with Crippen molar-refractivity contribution in [2.24, 2.45) is 0 Å². The lowest BCUT2D eigenvalue weighted by Crippen LogP contribution is -2.22. The van der Waals surface area contributed by atoms with Crippen molar-refractivity contribution in [3.8, 4) is 0 Å². The Hall–Kier alpha value is -1.14. The molecule has 0 aromatic heterocycles. The van der Waals surface area contributed by atoms with Crippen LogP contribution >= 0.6 is 15.9 Å². The molecule has 1 heterocycles. The number of hydrogen-bond donors (Lipinski definition) is 1. The number of likely N-dealkylation sites (tertiary alicyclic amines) is 1. The number of benzene rings is 1.